The summed E-state index contributed by atoms with van der Waals surface area (Å²) in [6.45, 7) is 0. The predicted molar refractivity (Wildman–Crippen MR) is 82.4 cm³/mol. The molecule has 0 aromatic heterocycles. The van der Waals surface area contributed by atoms with Crippen molar-refractivity contribution in [2.75, 3.05) is 0 Å². The van der Waals surface area contributed by atoms with Crippen molar-refractivity contribution in [2.45, 2.75) is 6.04 Å². The maximum Gasteiger partial charge on any atom is 0.171 e. The Morgan fingerprint density at radius 1 is 0.857 bits per heavy atom. The molecule has 5 heteroatoms. The Bertz CT molecular complexity index is 693. The Kier molecular flexibility index (Phi) is 3.66. The highest BCUT2D eigenvalue weighted by Gasteiger charge is 2.18. The molecule has 0 aliphatic carbocycles. The van der Waals surface area contributed by atoms with E-state index in [1.165, 1.54) is 24.3 Å². The predicted octanol–water partition coefficient (Wildman–Crippen LogP) is 3.52. The van der Waals surface area contributed by atoms with Crippen molar-refractivity contribution in [3.8, 4) is 0 Å². The molecule has 2 aromatic carbocycles. The number of nitrogens with one attached hydrogen (secondary N) is 2. The third kappa shape index (κ3) is 3.08. The van der Waals surface area contributed by atoms with Crippen LogP contribution < -0.4 is 10.6 Å². The molecule has 0 amide bonds. The standard InChI is InChI=1S/C16H12F2N2S/c17-12-5-1-10(2-6-12)14-9-15(20-16(21)19-14)11-3-7-13(18)8-4-11/h1-9,14H,(H2,19,20,21). The minimum atomic E-state index is -0.286. The lowest BCUT2D eigenvalue weighted by molar-refractivity contribution is 0.625. The van der Waals surface area contributed by atoms with E-state index >= 15 is 0 Å². The van der Waals surface area contributed by atoms with E-state index in [1.54, 1.807) is 24.3 Å². The summed E-state index contributed by atoms with van der Waals surface area (Å²) in [6, 6.07) is 12.2. The van der Waals surface area contributed by atoms with Gasteiger partial charge in [-0.15, -0.1) is 0 Å². The van der Waals surface area contributed by atoms with Crippen LogP contribution >= 0.6 is 12.2 Å². The molecule has 106 valence electrons. The van der Waals surface area contributed by atoms with Gasteiger partial charge in [0.25, 0.3) is 0 Å². The summed E-state index contributed by atoms with van der Waals surface area (Å²) < 4.78 is 26.0. The zero-order valence-electron chi connectivity index (χ0n) is 10.9. The number of benzene rings is 2. The van der Waals surface area contributed by atoms with Gasteiger partial charge >= 0.3 is 0 Å². The second-order valence-electron chi connectivity index (χ2n) is 4.71. The molecule has 0 fully saturated rings. The van der Waals surface area contributed by atoms with Crippen molar-refractivity contribution in [3.63, 3.8) is 0 Å². The van der Waals surface area contributed by atoms with Crippen LogP contribution in [0.25, 0.3) is 5.70 Å². The first kappa shape index (κ1) is 13.7. The number of hydrogen-bond donors (Lipinski definition) is 2. The summed E-state index contributed by atoms with van der Waals surface area (Å²) >= 11 is 5.20. The maximum atomic E-state index is 13.0. The highest BCUT2D eigenvalue weighted by atomic mass is 32.1. The molecular formula is C16H12F2N2S. The van der Waals surface area contributed by atoms with Crippen molar-refractivity contribution in [1.82, 2.24) is 10.6 Å². The molecule has 3 rings (SSSR count). The highest BCUT2D eigenvalue weighted by molar-refractivity contribution is 7.80. The van der Waals surface area contributed by atoms with E-state index in [4.69, 9.17) is 12.2 Å². The Hall–Kier alpha value is -2.27. The van der Waals surface area contributed by atoms with Gasteiger partial charge in [0, 0.05) is 5.70 Å². The van der Waals surface area contributed by atoms with Gasteiger partial charge in [0.1, 0.15) is 11.6 Å². The summed E-state index contributed by atoms with van der Waals surface area (Å²) in [5.74, 6) is -0.566. The molecule has 1 aliphatic heterocycles. The number of rotatable bonds is 2. The molecule has 2 nitrogen and oxygen atoms in total. The lowest BCUT2D eigenvalue weighted by Gasteiger charge is -2.26. The lowest BCUT2D eigenvalue weighted by Crippen LogP contribution is -2.40. The van der Waals surface area contributed by atoms with Crippen molar-refractivity contribution in [2.24, 2.45) is 0 Å². The summed E-state index contributed by atoms with van der Waals surface area (Å²) in [5.41, 5.74) is 2.54. The van der Waals surface area contributed by atoms with E-state index in [2.05, 4.69) is 10.6 Å². The minimum absolute atomic E-state index is 0.153. The molecule has 0 bridgehead atoms. The molecule has 1 unspecified atom stereocenters. The Morgan fingerprint density at radius 2 is 1.43 bits per heavy atom. The monoisotopic (exact) mass is 302 g/mol. The van der Waals surface area contributed by atoms with Crippen LogP contribution in [0.5, 0.6) is 0 Å². The molecule has 2 N–H and O–H groups in total. The zero-order chi connectivity index (χ0) is 14.8. The summed E-state index contributed by atoms with van der Waals surface area (Å²) in [7, 11) is 0. The SMILES string of the molecule is Fc1ccc(C2=CC(c3ccc(F)cc3)NC(=S)N2)cc1. The van der Waals surface area contributed by atoms with Crippen molar-refractivity contribution in [1.29, 1.82) is 0 Å². The Morgan fingerprint density at radius 3 is 2.05 bits per heavy atom. The number of halogens is 2. The van der Waals surface area contributed by atoms with Crippen LogP contribution in [-0.2, 0) is 0 Å². The quantitative estimate of drug-likeness (QED) is 0.830. The van der Waals surface area contributed by atoms with Gasteiger partial charge in [0.05, 0.1) is 6.04 Å². The van der Waals surface area contributed by atoms with Gasteiger partial charge in [-0.1, -0.05) is 12.1 Å². The molecule has 1 atom stereocenters. The summed E-state index contributed by atoms with van der Waals surface area (Å²) in [6.07, 6.45) is 1.94. The highest BCUT2D eigenvalue weighted by Crippen LogP contribution is 2.23. The maximum absolute atomic E-state index is 13.0. The third-order valence-electron chi connectivity index (χ3n) is 3.25. The smallest absolute Gasteiger partial charge is 0.171 e. The van der Waals surface area contributed by atoms with Crippen molar-refractivity contribution in [3.05, 3.63) is 77.4 Å². The zero-order valence-corrected chi connectivity index (χ0v) is 11.8. The van der Waals surface area contributed by atoms with E-state index in [9.17, 15) is 8.78 Å². The van der Waals surface area contributed by atoms with Crippen LogP contribution in [0.4, 0.5) is 8.78 Å². The second kappa shape index (κ2) is 5.61. The van der Waals surface area contributed by atoms with E-state index < -0.39 is 0 Å². The molecular weight excluding hydrogens is 290 g/mol. The van der Waals surface area contributed by atoms with Crippen molar-refractivity contribution < 1.29 is 8.78 Å². The van der Waals surface area contributed by atoms with Crippen molar-refractivity contribution >= 4 is 23.0 Å². The molecule has 0 spiro atoms. The minimum Gasteiger partial charge on any atom is -0.352 e. The average Bonchev–Trinajstić information content (AvgIpc) is 2.48. The second-order valence-corrected chi connectivity index (χ2v) is 5.12. The Balaban J connectivity index is 1.95. The van der Waals surface area contributed by atoms with Crippen LogP contribution in [0.15, 0.2) is 54.6 Å². The van der Waals surface area contributed by atoms with Crippen LogP contribution in [0.3, 0.4) is 0 Å². The topological polar surface area (TPSA) is 24.1 Å². The number of hydrogen-bond acceptors (Lipinski definition) is 1. The third-order valence-corrected chi connectivity index (χ3v) is 3.47. The van der Waals surface area contributed by atoms with E-state index in [0.717, 1.165) is 16.8 Å². The normalized spacial score (nSPS) is 17.7. The molecule has 0 radical (unpaired) electrons. The molecule has 1 aliphatic rings. The molecule has 1 heterocycles. The van der Waals surface area contributed by atoms with Gasteiger partial charge in [-0.25, -0.2) is 8.78 Å². The van der Waals surface area contributed by atoms with Gasteiger partial charge in [-0.3, -0.25) is 0 Å². The largest absolute Gasteiger partial charge is 0.352 e. The summed E-state index contributed by atoms with van der Waals surface area (Å²) in [4.78, 5) is 0. The fourth-order valence-corrected chi connectivity index (χ4v) is 2.43. The first-order chi connectivity index (χ1) is 10.1. The van der Waals surface area contributed by atoms with Crippen LogP contribution in [0, 0.1) is 11.6 Å². The molecule has 2 aromatic rings. The van der Waals surface area contributed by atoms with E-state index in [0.29, 0.717) is 5.11 Å². The van der Waals surface area contributed by atoms with E-state index in [-0.39, 0.29) is 17.7 Å². The first-order valence-corrected chi connectivity index (χ1v) is 6.83. The molecule has 0 saturated carbocycles. The first-order valence-electron chi connectivity index (χ1n) is 6.42. The fraction of sp³-hybridized carbons (Fsp3) is 0.0625. The fourth-order valence-electron chi connectivity index (χ4n) is 2.20. The summed E-state index contributed by atoms with van der Waals surface area (Å²) in [5, 5.41) is 6.64. The molecule has 21 heavy (non-hydrogen) atoms. The van der Waals surface area contributed by atoms with Crippen LogP contribution in [0.1, 0.15) is 17.2 Å². The number of thiocarbonyl (C=S) groups is 1. The van der Waals surface area contributed by atoms with Gasteiger partial charge in [-0.05, 0) is 65.8 Å². The van der Waals surface area contributed by atoms with Gasteiger partial charge in [0.2, 0.25) is 0 Å². The van der Waals surface area contributed by atoms with Gasteiger partial charge in [0.15, 0.2) is 5.11 Å². The van der Waals surface area contributed by atoms with Gasteiger partial charge < -0.3 is 10.6 Å². The van der Waals surface area contributed by atoms with Crippen LogP contribution in [-0.4, -0.2) is 5.11 Å². The van der Waals surface area contributed by atoms with Gasteiger partial charge in [-0.2, -0.15) is 0 Å². The molecule has 0 saturated heterocycles. The van der Waals surface area contributed by atoms with Crippen LogP contribution in [0.2, 0.25) is 0 Å². The lowest BCUT2D eigenvalue weighted by atomic mass is 10.0. The Labute approximate surface area is 126 Å². The van der Waals surface area contributed by atoms with E-state index in [1.807, 2.05) is 6.08 Å². The average molecular weight is 302 g/mol.